The van der Waals surface area contributed by atoms with Crippen LogP contribution in [0.15, 0.2) is 17.5 Å². The van der Waals surface area contributed by atoms with Crippen molar-refractivity contribution < 1.29 is 19.1 Å². The summed E-state index contributed by atoms with van der Waals surface area (Å²) in [7, 11) is 0. The number of carbonyl (C=O) groups excluding carboxylic acids is 3. The van der Waals surface area contributed by atoms with E-state index in [1.54, 1.807) is 11.3 Å². The standard InChI is InChI=1S/C22H30N2O4S/c25-19(23-5-3-18-2-1-7-29-18)14-28-20(26)4-6-24-21(27)22-11-15-8-16(12-22)10-17(9-15)13-22/h1-2,7,15-17H,3-6,8-14H2,(H,23,25)(H,24,27). The van der Waals surface area contributed by atoms with E-state index in [0.29, 0.717) is 6.54 Å². The quantitative estimate of drug-likeness (QED) is 0.604. The third-order valence-electron chi connectivity index (χ3n) is 6.77. The molecule has 0 spiro atoms. The van der Waals surface area contributed by atoms with Gasteiger partial charge in [-0.15, -0.1) is 11.3 Å². The fraction of sp³-hybridized carbons (Fsp3) is 0.682. The van der Waals surface area contributed by atoms with Crippen LogP contribution in [-0.2, 0) is 25.5 Å². The van der Waals surface area contributed by atoms with Crippen LogP contribution in [-0.4, -0.2) is 37.5 Å². The largest absolute Gasteiger partial charge is 0.456 e. The molecule has 1 heterocycles. The maximum atomic E-state index is 12.8. The van der Waals surface area contributed by atoms with Crippen LogP contribution in [0.5, 0.6) is 0 Å². The molecule has 4 bridgehead atoms. The molecule has 1 aromatic heterocycles. The Morgan fingerprint density at radius 3 is 2.34 bits per heavy atom. The van der Waals surface area contributed by atoms with Crippen molar-refractivity contribution in [3.63, 3.8) is 0 Å². The molecule has 0 aliphatic heterocycles. The molecule has 7 heteroatoms. The molecule has 5 rings (SSSR count). The number of thiophene rings is 1. The first kappa shape index (κ1) is 20.4. The van der Waals surface area contributed by atoms with E-state index in [4.69, 9.17) is 4.74 Å². The zero-order chi connectivity index (χ0) is 20.3. The van der Waals surface area contributed by atoms with Crippen molar-refractivity contribution in [1.29, 1.82) is 0 Å². The summed E-state index contributed by atoms with van der Waals surface area (Å²) < 4.78 is 5.02. The number of esters is 1. The molecule has 4 aliphatic rings. The lowest BCUT2D eigenvalue weighted by Crippen LogP contribution is -2.53. The van der Waals surface area contributed by atoms with Crippen molar-refractivity contribution in [2.24, 2.45) is 23.2 Å². The van der Waals surface area contributed by atoms with Gasteiger partial charge in [0, 0.05) is 23.4 Å². The molecule has 2 amide bonds. The molecule has 29 heavy (non-hydrogen) atoms. The van der Waals surface area contributed by atoms with E-state index in [-0.39, 0.29) is 36.8 Å². The SMILES string of the molecule is O=C(COC(=O)CCNC(=O)C12CC3CC(CC(C3)C1)C2)NCCc1cccs1. The lowest BCUT2D eigenvalue weighted by molar-refractivity contribution is -0.149. The van der Waals surface area contributed by atoms with Crippen LogP contribution in [0, 0.1) is 23.2 Å². The lowest BCUT2D eigenvalue weighted by Gasteiger charge is -2.55. The van der Waals surface area contributed by atoms with Crippen molar-refractivity contribution in [3.8, 4) is 0 Å². The van der Waals surface area contributed by atoms with Gasteiger partial charge in [-0.3, -0.25) is 14.4 Å². The Bertz CT molecular complexity index is 711. The van der Waals surface area contributed by atoms with Gasteiger partial charge in [0.2, 0.25) is 5.91 Å². The highest BCUT2D eigenvalue weighted by Crippen LogP contribution is 2.60. The van der Waals surface area contributed by atoms with Gasteiger partial charge in [-0.2, -0.15) is 0 Å². The molecule has 0 radical (unpaired) electrons. The van der Waals surface area contributed by atoms with E-state index in [2.05, 4.69) is 10.6 Å². The molecular weight excluding hydrogens is 388 g/mol. The maximum Gasteiger partial charge on any atom is 0.308 e. The van der Waals surface area contributed by atoms with E-state index >= 15 is 0 Å². The van der Waals surface area contributed by atoms with Crippen molar-refractivity contribution in [2.45, 2.75) is 51.4 Å². The topological polar surface area (TPSA) is 84.5 Å². The Balaban J connectivity index is 1.11. The molecule has 4 aliphatic carbocycles. The molecule has 1 aromatic rings. The second-order valence-corrected chi connectivity index (χ2v) is 10.1. The molecule has 0 unspecified atom stereocenters. The normalized spacial score (nSPS) is 29.4. The van der Waals surface area contributed by atoms with Gasteiger partial charge in [-0.05, 0) is 74.1 Å². The Labute approximate surface area is 175 Å². The molecule has 6 nitrogen and oxygen atoms in total. The van der Waals surface area contributed by atoms with E-state index in [0.717, 1.165) is 43.4 Å². The van der Waals surface area contributed by atoms with Gasteiger partial charge in [0.25, 0.3) is 5.91 Å². The predicted molar refractivity (Wildman–Crippen MR) is 110 cm³/mol. The summed E-state index contributed by atoms with van der Waals surface area (Å²) in [5, 5.41) is 7.72. The zero-order valence-corrected chi connectivity index (χ0v) is 17.6. The molecule has 4 saturated carbocycles. The number of hydrogen-bond acceptors (Lipinski definition) is 5. The van der Waals surface area contributed by atoms with Crippen molar-refractivity contribution in [2.75, 3.05) is 19.7 Å². The minimum Gasteiger partial charge on any atom is -0.456 e. The summed E-state index contributed by atoms with van der Waals surface area (Å²) >= 11 is 1.65. The van der Waals surface area contributed by atoms with Crippen LogP contribution in [0.2, 0.25) is 0 Å². The van der Waals surface area contributed by atoms with Crippen LogP contribution in [0.4, 0.5) is 0 Å². The van der Waals surface area contributed by atoms with Gasteiger partial charge >= 0.3 is 5.97 Å². The van der Waals surface area contributed by atoms with Gasteiger partial charge in [0.1, 0.15) is 0 Å². The highest BCUT2D eigenvalue weighted by Gasteiger charge is 2.54. The summed E-state index contributed by atoms with van der Waals surface area (Å²) in [5.41, 5.74) is -0.193. The Morgan fingerprint density at radius 1 is 1.03 bits per heavy atom. The summed E-state index contributed by atoms with van der Waals surface area (Å²) in [5.74, 6) is 1.52. The first-order valence-electron chi connectivity index (χ1n) is 10.8. The van der Waals surface area contributed by atoms with Crippen LogP contribution in [0.25, 0.3) is 0 Å². The van der Waals surface area contributed by atoms with Crippen LogP contribution in [0.3, 0.4) is 0 Å². The van der Waals surface area contributed by atoms with Gasteiger partial charge < -0.3 is 15.4 Å². The molecular formula is C22H30N2O4S. The van der Waals surface area contributed by atoms with Crippen molar-refractivity contribution in [3.05, 3.63) is 22.4 Å². The molecule has 2 N–H and O–H groups in total. The second kappa shape index (κ2) is 8.86. The van der Waals surface area contributed by atoms with Crippen molar-refractivity contribution in [1.82, 2.24) is 10.6 Å². The minimum atomic E-state index is -0.454. The number of rotatable bonds is 9. The number of ether oxygens (including phenoxy) is 1. The minimum absolute atomic E-state index is 0.0978. The van der Waals surface area contributed by atoms with E-state index < -0.39 is 5.97 Å². The summed E-state index contributed by atoms with van der Waals surface area (Å²) in [4.78, 5) is 37.7. The predicted octanol–water partition coefficient (Wildman–Crippen LogP) is 2.67. The fourth-order valence-corrected chi connectivity index (χ4v) is 6.61. The third kappa shape index (κ3) is 5.00. The van der Waals surface area contributed by atoms with Crippen LogP contribution < -0.4 is 10.6 Å². The van der Waals surface area contributed by atoms with Gasteiger partial charge in [0.15, 0.2) is 6.61 Å². The molecule has 158 valence electrons. The van der Waals surface area contributed by atoms with Gasteiger partial charge in [-0.1, -0.05) is 6.07 Å². The average Bonchev–Trinajstić information content (AvgIpc) is 3.19. The Kier molecular flexibility index (Phi) is 6.23. The van der Waals surface area contributed by atoms with Gasteiger partial charge in [0.05, 0.1) is 6.42 Å². The van der Waals surface area contributed by atoms with Crippen molar-refractivity contribution >= 4 is 29.1 Å². The van der Waals surface area contributed by atoms with Crippen LogP contribution in [0.1, 0.15) is 49.8 Å². The smallest absolute Gasteiger partial charge is 0.308 e. The van der Waals surface area contributed by atoms with E-state index in [9.17, 15) is 14.4 Å². The Hall–Kier alpha value is -1.89. The first-order valence-corrected chi connectivity index (χ1v) is 11.6. The summed E-state index contributed by atoms with van der Waals surface area (Å²) in [6.45, 7) is 0.531. The Morgan fingerprint density at radius 2 is 1.72 bits per heavy atom. The number of nitrogens with one attached hydrogen (secondary N) is 2. The fourth-order valence-electron chi connectivity index (χ4n) is 5.90. The number of hydrogen-bond donors (Lipinski definition) is 2. The van der Waals surface area contributed by atoms with Crippen LogP contribution >= 0.6 is 11.3 Å². The first-order chi connectivity index (χ1) is 14.0. The highest BCUT2D eigenvalue weighted by molar-refractivity contribution is 7.09. The molecule has 0 saturated heterocycles. The summed E-state index contributed by atoms with van der Waals surface area (Å²) in [6, 6.07) is 4.00. The highest BCUT2D eigenvalue weighted by atomic mass is 32.1. The number of amides is 2. The molecule has 0 aromatic carbocycles. The molecule has 4 fully saturated rings. The van der Waals surface area contributed by atoms with Gasteiger partial charge in [-0.25, -0.2) is 0 Å². The van der Waals surface area contributed by atoms with E-state index in [1.807, 2.05) is 17.5 Å². The lowest BCUT2D eigenvalue weighted by atomic mass is 9.49. The maximum absolute atomic E-state index is 12.8. The second-order valence-electron chi connectivity index (χ2n) is 9.04. The average molecular weight is 419 g/mol. The number of carbonyl (C=O) groups is 3. The summed E-state index contributed by atoms with van der Waals surface area (Å²) in [6.07, 6.45) is 7.81. The third-order valence-corrected chi connectivity index (χ3v) is 7.71. The van der Waals surface area contributed by atoms with E-state index in [1.165, 1.54) is 24.1 Å². The monoisotopic (exact) mass is 418 g/mol. The molecule has 0 atom stereocenters. The zero-order valence-electron chi connectivity index (χ0n) is 16.8.